The van der Waals surface area contributed by atoms with E-state index in [2.05, 4.69) is 16.8 Å². The molecule has 2 rings (SSSR count). The fourth-order valence-corrected chi connectivity index (χ4v) is 1.79. The van der Waals surface area contributed by atoms with Gasteiger partial charge in [-0.15, -0.1) is 0 Å². The lowest BCUT2D eigenvalue weighted by molar-refractivity contribution is -0.163. The lowest BCUT2D eigenvalue weighted by Gasteiger charge is -2.20. The minimum absolute atomic E-state index is 0.0472. The summed E-state index contributed by atoms with van der Waals surface area (Å²) in [6.45, 7) is -0.133. The third kappa shape index (κ3) is 3.34. The molecule has 1 aromatic heterocycles. The van der Waals surface area contributed by atoms with Crippen molar-refractivity contribution in [2.24, 2.45) is 0 Å². The Morgan fingerprint density at radius 1 is 1.48 bits per heavy atom. The third-order valence-electron chi connectivity index (χ3n) is 3.17. The van der Waals surface area contributed by atoms with Crippen molar-refractivity contribution >= 4 is 5.91 Å². The maximum atomic E-state index is 12.8. The molecule has 1 aromatic rings. The number of nitrogens with zero attached hydrogens (tertiary/aromatic N) is 1. The molecule has 1 amide bonds. The zero-order valence-corrected chi connectivity index (χ0v) is 11.0. The second kappa shape index (κ2) is 5.74. The van der Waals surface area contributed by atoms with Crippen molar-refractivity contribution in [3.8, 4) is 11.8 Å². The highest BCUT2D eigenvalue weighted by Crippen LogP contribution is 2.49. The first-order valence-corrected chi connectivity index (χ1v) is 6.33. The topological polar surface area (TPSA) is 62.2 Å². The van der Waals surface area contributed by atoms with E-state index in [1.54, 1.807) is 0 Å². The van der Waals surface area contributed by atoms with Gasteiger partial charge in [0.15, 0.2) is 0 Å². The molecule has 4 nitrogen and oxygen atoms in total. The van der Waals surface area contributed by atoms with Gasteiger partial charge in [0.1, 0.15) is 5.54 Å². The number of amides is 1. The number of hydrogen-bond donors (Lipinski definition) is 2. The predicted molar refractivity (Wildman–Crippen MR) is 68.3 cm³/mol. The van der Waals surface area contributed by atoms with Crippen molar-refractivity contribution in [2.75, 3.05) is 6.61 Å². The number of hydrogen-bond acceptors (Lipinski definition) is 3. The smallest absolute Gasteiger partial charge is 0.395 e. The predicted octanol–water partition coefficient (Wildman–Crippen LogP) is 1.64. The van der Waals surface area contributed by atoms with E-state index < -0.39 is 17.6 Å². The molecule has 0 radical (unpaired) electrons. The molecule has 2 N–H and O–H groups in total. The molecular weight excluding hydrogens is 285 g/mol. The molecule has 1 saturated carbocycles. The number of aliphatic hydroxyl groups is 1. The number of aliphatic hydroxyl groups excluding tert-OH is 1. The summed E-state index contributed by atoms with van der Waals surface area (Å²) in [6.07, 6.45) is -1.84. The second-order valence-electron chi connectivity index (χ2n) is 4.73. The van der Waals surface area contributed by atoms with Crippen LogP contribution in [0.3, 0.4) is 0 Å². The zero-order chi connectivity index (χ0) is 15.5. The minimum atomic E-state index is -4.46. The quantitative estimate of drug-likeness (QED) is 0.834. The van der Waals surface area contributed by atoms with Crippen LogP contribution in [0.4, 0.5) is 13.2 Å². The number of halogens is 3. The van der Waals surface area contributed by atoms with E-state index in [1.165, 1.54) is 18.5 Å². The minimum Gasteiger partial charge on any atom is -0.395 e. The van der Waals surface area contributed by atoms with Gasteiger partial charge in [-0.2, -0.15) is 13.2 Å². The summed E-state index contributed by atoms with van der Waals surface area (Å²) in [4.78, 5) is 15.8. The van der Waals surface area contributed by atoms with Crippen LogP contribution in [0.2, 0.25) is 0 Å². The third-order valence-corrected chi connectivity index (χ3v) is 3.17. The lowest BCUT2D eigenvalue weighted by Crippen LogP contribution is -2.48. The lowest BCUT2D eigenvalue weighted by atomic mass is 10.1. The molecule has 0 aliphatic heterocycles. The van der Waals surface area contributed by atoms with Gasteiger partial charge in [0.2, 0.25) is 0 Å². The van der Waals surface area contributed by atoms with Gasteiger partial charge in [-0.05, 0) is 18.9 Å². The van der Waals surface area contributed by atoms with Gasteiger partial charge in [0, 0.05) is 18.8 Å². The average Bonchev–Trinajstić information content (AvgIpc) is 3.20. The molecule has 0 atom stereocenters. The van der Waals surface area contributed by atoms with Crippen LogP contribution in [0.15, 0.2) is 18.5 Å². The van der Waals surface area contributed by atoms with E-state index in [0.29, 0.717) is 0 Å². The van der Waals surface area contributed by atoms with Gasteiger partial charge < -0.3 is 10.4 Å². The van der Waals surface area contributed by atoms with Crippen LogP contribution in [-0.4, -0.2) is 34.3 Å². The standard InChI is InChI=1S/C14H13F3N2O2/c15-14(16,17)13(5-6-13)19-12(21)11-4-7-18-9-10(11)3-1-2-8-20/h4,7,9,20H,2,5-6,8H2,(H,19,21). The van der Waals surface area contributed by atoms with Crippen molar-refractivity contribution in [1.29, 1.82) is 0 Å². The highest BCUT2D eigenvalue weighted by Gasteiger charge is 2.64. The molecule has 0 unspecified atom stereocenters. The van der Waals surface area contributed by atoms with Crippen LogP contribution in [0.25, 0.3) is 0 Å². The summed E-state index contributed by atoms with van der Waals surface area (Å²) in [5, 5.41) is 10.7. The van der Waals surface area contributed by atoms with Crippen molar-refractivity contribution in [3.05, 3.63) is 29.6 Å². The van der Waals surface area contributed by atoms with Gasteiger partial charge in [0.05, 0.1) is 17.7 Å². The highest BCUT2D eigenvalue weighted by atomic mass is 19.4. The second-order valence-corrected chi connectivity index (χ2v) is 4.73. The average molecular weight is 298 g/mol. The number of pyridine rings is 1. The van der Waals surface area contributed by atoms with Crippen molar-refractivity contribution in [3.63, 3.8) is 0 Å². The highest BCUT2D eigenvalue weighted by molar-refractivity contribution is 5.97. The van der Waals surface area contributed by atoms with Crippen molar-refractivity contribution in [1.82, 2.24) is 10.3 Å². The summed E-state index contributed by atoms with van der Waals surface area (Å²) < 4.78 is 38.5. The summed E-state index contributed by atoms with van der Waals surface area (Å²) in [6, 6.07) is 1.32. The summed E-state index contributed by atoms with van der Waals surface area (Å²) in [5.74, 6) is 4.42. The first-order chi connectivity index (χ1) is 9.89. The molecular formula is C14H13F3N2O2. The van der Waals surface area contributed by atoms with E-state index >= 15 is 0 Å². The van der Waals surface area contributed by atoms with Gasteiger partial charge in [0.25, 0.3) is 5.91 Å². The maximum absolute atomic E-state index is 12.8. The fraction of sp³-hybridized carbons (Fsp3) is 0.429. The molecule has 112 valence electrons. The monoisotopic (exact) mass is 298 g/mol. The number of alkyl halides is 3. The zero-order valence-electron chi connectivity index (χ0n) is 11.0. The molecule has 7 heteroatoms. The van der Waals surface area contributed by atoms with Gasteiger partial charge in [-0.1, -0.05) is 11.8 Å². The number of carbonyl (C=O) groups is 1. The van der Waals surface area contributed by atoms with Crippen LogP contribution in [0, 0.1) is 11.8 Å². The van der Waals surface area contributed by atoms with E-state index in [9.17, 15) is 18.0 Å². The Hall–Kier alpha value is -2.07. The van der Waals surface area contributed by atoms with Crippen LogP contribution in [0.1, 0.15) is 35.2 Å². The van der Waals surface area contributed by atoms with Crippen LogP contribution in [-0.2, 0) is 0 Å². The van der Waals surface area contributed by atoms with Crippen molar-refractivity contribution < 1.29 is 23.1 Å². The molecule has 1 aliphatic carbocycles. The molecule has 1 heterocycles. The SMILES string of the molecule is O=C(NC1(C(F)(F)F)CC1)c1ccncc1C#CCCO. The van der Waals surface area contributed by atoms with Gasteiger partial charge in [-0.25, -0.2) is 0 Å². The maximum Gasteiger partial charge on any atom is 0.411 e. The number of rotatable bonds is 3. The molecule has 21 heavy (non-hydrogen) atoms. The van der Waals surface area contributed by atoms with E-state index in [1.807, 2.05) is 5.32 Å². The Labute approximate surface area is 119 Å². The Balaban J connectivity index is 2.19. The Morgan fingerprint density at radius 3 is 2.76 bits per heavy atom. The molecule has 1 aliphatic rings. The molecule has 0 bridgehead atoms. The Kier molecular flexibility index (Phi) is 4.19. The van der Waals surface area contributed by atoms with Crippen LogP contribution < -0.4 is 5.32 Å². The molecule has 0 aromatic carbocycles. The number of aromatic nitrogens is 1. The van der Waals surface area contributed by atoms with Gasteiger partial charge in [-0.3, -0.25) is 9.78 Å². The Morgan fingerprint density at radius 2 is 2.19 bits per heavy atom. The summed E-state index contributed by atoms with van der Waals surface area (Å²) >= 11 is 0. The largest absolute Gasteiger partial charge is 0.411 e. The Bertz CT molecular complexity index is 598. The molecule has 1 fully saturated rings. The van der Waals surface area contributed by atoms with E-state index in [0.717, 1.165) is 0 Å². The molecule has 0 spiro atoms. The summed E-state index contributed by atoms with van der Waals surface area (Å²) in [5.41, 5.74) is -1.82. The molecule has 0 saturated heterocycles. The fourth-order valence-electron chi connectivity index (χ4n) is 1.79. The van der Waals surface area contributed by atoms with Gasteiger partial charge >= 0.3 is 6.18 Å². The first-order valence-electron chi connectivity index (χ1n) is 6.33. The normalized spacial score (nSPS) is 15.8. The van der Waals surface area contributed by atoms with Crippen LogP contribution >= 0.6 is 0 Å². The van der Waals surface area contributed by atoms with Crippen molar-refractivity contribution in [2.45, 2.75) is 31.0 Å². The van der Waals surface area contributed by atoms with Crippen LogP contribution in [0.5, 0.6) is 0 Å². The number of carbonyl (C=O) groups excluding carboxylic acids is 1. The summed E-state index contributed by atoms with van der Waals surface area (Å²) in [7, 11) is 0. The first kappa shape index (κ1) is 15.3. The van der Waals surface area contributed by atoms with E-state index in [-0.39, 0.29) is 37.0 Å². The van der Waals surface area contributed by atoms with E-state index in [4.69, 9.17) is 5.11 Å². The number of nitrogens with one attached hydrogen (secondary N) is 1.